The van der Waals surface area contributed by atoms with Gasteiger partial charge >= 0.3 is 0 Å². The molecule has 2 heterocycles. The second kappa shape index (κ2) is 7.74. The number of hydrogen-bond donors (Lipinski definition) is 0. The molecule has 142 valence electrons. The largest absolute Gasteiger partial charge is 0.493 e. The van der Waals surface area contributed by atoms with Crippen LogP contribution in [-0.2, 0) is 0 Å². The molecule has 6 nitrogen and oxygen atoms in total. The van der Waals surface area contributed by atoms with Gasteiger partial charge in [-0.1, -0.05) is 24.3 Å². The Hall–Kier alpha value is -3.32. The van der Waals surface area contributed by atoms with Crippen molar-refractivity contribution in [1.82, 2.24) is 4.68 Å². The topological polar surface area (TPSA) is 61.2 Å². The van der Waals surface area contributed by atoms with Crippen molar-refractivity contribution in [2.45, 2.75) is 0 Å². The van der Waals surface area contributed by atoms with Crippen LogP contribution in [0, 0.1) is 0 Å². The highest BCUT2D eigenvalue weighted by molar-refractivity contribution is 7.07. The third-order valence-corrected chi connectivity index (χ3v) is 5.21. The van der Waals surface area contributed by atoms with Crippen molar-refractivity contribution < 1.29 is 13.9 Å². The highest BCUT2D eigenvalue weighted by Crippen LogP contribution is 2.30. The molecule has 7 heteroatoms. The molecule has 2 aromatic carbocycles. The van der Waals surface area contributed by atoms with Crippen molar-refractivity contribution in [2.75, 3.05) is 21.3 Å². The van der Waals surface area contributed by atoms with Gasteiger partial charge in [0.2, 0.25) is 4.80 Å². The zero-order valence-electron chi connectivity index (χ0n) is 15.7. The second-order valence-electron chi connectivity index (χ2n) is 5.91. The molecule has 4 rings (SSSR count). The van der Waals surface area contributed by atoms with E-state index in [1.807, 2.05) is 53.9 Å². The van der Waals surface area contributed by atoms with Crippen LogP contribution < -0.4 is 14.3 Å². The number of furan rings is 1. The Labute approximate surface area is 166 Å². The first-order chi connectivity index (χ1) is 13.7. The average Bonchev–Trinajstić information content (AvgIpc) is 3.34. The predicted octanol–water partition coefficient (Wildman–Crippen LogP) is 4.39. The average molecular weight is 393 g/mol. The van der Waals surface area contributed by atoms with Gasteiger partial charge in [0, 0.05) is 23.4 Å². The van der Waals surface area contributed by atoms with E-state index in [9.17, 15) is 0 Å². The fourth-order valence-corrected chi connectivity index (χ4v) is 3.76. The third kappa shape index (κ3) is 3.20. The molecule has 28 heavy (non-hydrogen) atoms. The van der Waals surface area contributed by atoms with Gasteiger partial charge in [0.15, 0.2) is 17.3 Å². The molecule has 0 radical (unpaired) electrons. The second-order valence-corrected chi connectivity index (χ2v) is 6.75. The molecule has 0 saturated carbocycles. The van der Waals surface area contributed by atoms with Crippen molar-refractivity contribution in [3.05, 3.63) is 64.3 Å². The molecular weight excluding hydrogens is 374 g/mol. The third-order valence-electron chi connectivity index (χ3n) is 4.30. The molecule has 0 saturated heterocycles. The fraction of sp³-hybridized carbons (Fsp3) is 0.143. The van der Waals surface area contributed by atoms with Gasteiger partial charge in [-0.3, -0.25) is 4.99 Å². The van der Waals surface area contributed by atoms with Gasteiger partial charge in [0.25, 0.3) is 0 Å². The summed E-state index contributed by atoms with van der Waals surface area (Å²) < 4.78 is 18.6. The fourth-order valence-electron chi connectivity index (χ4n) is 2.97. The smallest absolute Gasteiger partial charge is 0.206 e. The number of fused-ring (bicyclic) bond motifs is 1. The highest BCUT2D eigenvalue weighted by Gasteiger charge is 2.13. The van der Waals surface area contributed by atoms with E-state index in [0.717, 1.165) is 32.8 Å². The van der Waals surface area contributed by atoms with E-state index in [-0.39, 0.29) is 0 Å². The molecule has 0 amide bonds. The van der Waals surface area contributed by atoms with Crippen LogP contribution in [0.5, 0.6) is 11.5 Å². The normalized spacial score (nSPS) is 12.2. The maximum Gasteiger partial charge on any atom is 0.206 e. The summed E-state index contributed by atoms with van der Waals surface area (Å²) >= 11 is 1.50. The number of thiazole rings is 1. The van der Waals surface area contributed by atoms with Gasteiger partial charge in [-0.25, -0.2) is 4.68 Å². The molecular formula is C21H19N3O3S. The quantitative estimate of drug-likeness (QED) is 0.472. The Kier molecular flexibility index (Phi) is 4.99. The van der Waals surface area contributed by atoms with Crippen molar-refractivity contribution in [1.29, 1.82) is 0 Å². The number of methoxy groups -OCH3 is 2. The predicted molar refractivity (Wildman–Crippen MR) is 112 cm³/mol. The molecule has 0 aliphatic heterocycles. The summed E-state index contributed by atoms with van der Waals surface area (Å²) in [6, 6.07) is 15.6. The van der Waals surface area contributed by atoms with Crippen LogP contribution in [0.3, 0.4) is 0 Å². The van der Waals surface area contributed by atoms with Crippen LogP contribution in [-0.4, -0.2) is 32.2 Å². The zero-order valence-corrected chi connectivity index (χ0v) is 16.6. The van der Waals surface area contributed by atoms with E-state index < -0.39 is 0 Å². The molecule has 0 aliphatic rings. The van der Waals surface area contributed by atoms with Crippen LogP contribution in [0.25, 0.3) is 22.4 Å². The number of benzene rings is 2. The van der Waals surface area contributed by atoms with E-state index in [4.69, 9.17) is 13.9 Å². The van der Waals surface area contributed by atoms with E-state index in [1.54, 1.807) is 32.2 Å². The minimum absolute atomic E-state index is 0.629. The molecule has 0 fully saturated rings. The Morgan fingerprint density at radius 1 is 1.07 bits per heavy atom. The number of aromatic nitrogens is 1. The first-order valence-corrected chi connectivity index (χ1v) is 9.50. The molecule has 4 aromatic rings. The Balaban J connectivity index is 1.81. The van der Waals surface area contributed by atoms with E-state index in [0.29, 0.717) is 11.5 Å². The standard InChI is InChI=1S/C21H19N3O3S/c1-22-21-24(23-12-15-8-6-10-18(25-2)20(15)26-3)16(13-28-21)19-11-14-7-4-5-9-17(14)27-19/h4-13H,1-3H3. The number of para-hydroxylation sites is 2. The summed E-state index contributed by atoms with van der Waals surface area (Å²) in [5.74, 6) is 2.02. The Morgan fingerprint density at radius 3 is 2.68 bits per heavy atom. The lowest BCUT2D eigenvalue weighted by atomic mass is 10.2. The monoisotopic (exact) mass is 393 g/mol. The van der Waals surface area contributed by atoms with Crippen molar-refractivity contribution in [2.24, 2.45) is 10.1 Å². The minimum Gasteiger partial charge on any atom is -0.493 e. The molecule has 0 atom stereocenters. The van der Waals surface area contributed by atoms with Gasteiger partial charge in [-0.15, -0.1) is 11.3 Å². The summed E-state index contributed by atoms with van der Waals surface area (Å²) in [5.41, 5.74) is 2.47. The SMILES string of the molecule is CN=c1scc(-c2cc3ccccc3o2)n1N=Cc1cccc(OC)c1OC. The van der Waals surface area contributed by atoms with Gasteiger partial charge in [0.1, 0.15) is 11.3 Å². The van der Waals surface area contributed by atoms with E-state index in [2.05, 4.69) is 10.1 Å². The van der Waals surface area contributed by atoms with Crippen molar-refractivity contribution >= 4 is 28.5 Å². The zero-order chi connectivity index (χ0) is 19.5. The summed E-state index contributed by atoms with van der Waals surface area (Å²) in [4.78, 5) is 5.09. The number of rotatable bonds is 5. The van der Waals surface area contributed by atoms with Crippen LogP contribution >= 0.6 is 11.3 Å². The molecule has 0 bridgehead atoms. The lowest BCUT2D eigenvalue weighted by Gasteiger charge is -2.09. The van der Waals surface area contributed by atoms with Crippen LogP contribution in [0.4, 0.5) is 0 Å². The van der Waals surface area contributed by atoms with Gasteiger partial charge in [-0.2, -0.15) is 5.10 Å². The van der Waals surface area contributed by atoms with Crippen LogP contribution in [0.15, 0.2) is 68.4 Å². The summed E-state index contributed by atoms with van der Waals surface area (Å²) in [6.45, 7) is 0. The van der Waals surface area contributed by atoms with E-state index >= 15 is 0 Å². The number of ether oxygens (including phenoxy) is 2. The first-order valence-electron chi connectivity index (χ1n) is 8.63. The number of nitrogens with zero attached hydrogens (tertiary/aromatic N) is 3. The van der Waals surface area contributed by atoms with E-state index in [1.165, 1.54) is 11.3 Å². The summed E-state index contributed by atoms with van der Waals surface area (Å²) in [6.07, 6.45) is 1.73. The maximum absolute atomic E-state index is 6.01. The van der Waals surface area contributed by atoms with Crippen molar-refractivity contribution in [3.8, 4) is 23.0 Å². The van der Waals surface area contributed by atoms with Gasteiger partial charge in [-0.05, 0) is 24.3 Å². The molecule has 0 unspecified atom stereocenters. The first kappa shape index (κ1) is 18.1. The molecule has 2 aromatic heterocycles. The Bertz CT molecular complexity index is 1180. The van der Waals surface area contributed by atoms with Crippen LogP contribution in [0.1, 0.15) is 5.56 Å². The highest BCUT2D eigenvalue weighted by atomic mass is 32.1. The molecule has 0 aliphatic carbocycles. The maximum atomic E-state index is 6.01. The van der Waals surface area contributed by atoms with Crippen molar-refractivity contribution in [3.63, 3.8) is 0 Å². The van der Waals surface area contributed by atoms with Gasteiger partial charge in [0.05, 0.1) is 20.4 Å². The van der Waals surface area contributed by atoms with Crippen LogP contribution in [0.2, 0.25) is 0 Å². The lowest BCUT2D eigenvalue weighted by molar-refractivity contribution is 0.354. The summed E-state index contributed by atoms with van der Waals surface area (Å²) in [5, 5.41) is 7.68. The Morgan fingerprint density at radius 2 is 1.93 bits per heavy atom. The van der Waals surface area contributed by atoms with Gasteiger partial charge < -0.3 is 13.9 Å². The lowest BCUT2D eigenvalue weighted by Crippen LogP contribution is -2.11. The summed E-state index contributed by atoms with van der Waals surface area (Å²) in [7, 11) is 4.96. The minimum atomic E-state index is 0.629. The molecule has 0 spiro atoms. The number of hydrogen-bond acceptors (Lipinski definition) is 6. The molecule has 0 N–H and O–H groups in total.